The molecule has 0 radical (unpaired) electrons. The first-order valence-corrected chi connectivity index (χ1v) is 5.59. The fourth-order valence-electron chi connectivity index (χ4n) is 2.26. The van der Waals surface area contributed by atoms with Crippen molar-refractivity contribution in [2.24, 2.45) is 12.8 Å². The second-order valence-corrected chi connectivity index (χ2v) is 4.15. The number of hydrogen-bond donors (Lipinski definition) is 1. The smallest absolute Gasteiger partial charge is 0.147 e. The van der Waals surface area contributed by atoms with Gasteiger partial charge in [0.1, 0.15) is 5.82 Å². The first kappa shape index (κ1) is 11.1. The maximum Gasteiger partial charge on any atom is 0.147 e. The van der Waals surface area contributed by atoms with Gasteiger partial charge in [-0.3, -0.25) is 0 Å². The number of nitrogens with two attached hydrogens (primary N) is 1. The van der Waals surface area contributed by atoms with E-state index in [-0.39, 0.29) is 5.82 Å². The van der Waals surface area contributed by atoms with E-state index < -0.39 is 0 Å². The van der Waals surface area contributed by atoms with Gasteiger partial charge in [-0.05, 0) is 37.9 Å². The van der Waals surface area contributed by atoms with Crippen molar-refractivity contribution in [3.05, 3.63) is 35.3 Å². The summed E-state index contributed by atoms with van der Waals surface area (Å²) in [6.45, 7) is 2.70. The van der Waals surface area contributed by atoms with Gasteiger partial charge in [-0.15, -0.1) is 0 Å². The Morgan fingerprint density at radius 1 is 1.38 bits per heavy atom. The highest BCUT2D eigenvalue weighted by Crippen LogP contribution is 2.27. The first-order valence-electron chi connectivity index (χ1n) is 5.59. The molecule has 2 rings (SSSR count). The lowest BCUT2D eigenvalue weighted by molar-refractivity contribution is 0.631. The minimum atomic E-state index is -0.151. The Labute approximate surface area is 94.9 Å². The van der Waals surface area contributed by atoms with Crippen LogP contribution >= 0.6 is 0 Å². The van der Waals surface area contributed by atoms with Gasteiger partial charge in [0, 0.05) is 18.1 Å². The summed E-state index contributed by atoms with van der Waals surface area (Å²) in [5, 5.41) is 1.02. The number of aryl methyl sites for hydroxylation is 2. The van der Waals surface area contributed by atoms with Gasteiger partial charge in [0.25, 0.3) is 0 Å². The van der Waals surface area contributed by atoms with E-state index in [1.807, 2.05) is 24.6 Å². The van der Waals surface area contributed by atoms with Gasteiger partial charge in [-0.25, -0.2) is 4.39 Å². The normalized spacial score (nSPS) is 11.2. The molecule has 16 heavy (non-hydrogen) atoms. The van der Waals surface area contributed by atoms with Crippen molar-refractivity contribution in [3.63, 3.8) is 0 Å². The molecule has 86 valence electrons. The number of aromatic nitrogens is 1. The molecule has 0 saturated heterocycles. The molecule has 0 aliphatic rings. The van der Waals surface area contributed by atoms with Crippen LogP contribution in [0.25, 0.3) is 10.9 Å². The molecule has 0 atom stereocenters. The Balaban J connectivity index is 2.64. The molecule has 3 heteroatoms. The predicted molar refractivity (Wildman–Crippen MR) is 65.0 cm³/mol. The van der Waals surface area contributed by atoms with E-state index >= 15 is 0 Å². The number of halogens is 1. The van der Waals surface area contributed by atoms with Gasteiger partial charge >= 0.3 is 0 Å². The minimum Gasteiger partial charge on any atom is -0.345 e. The highest BCUT2D eigenvalue weighted by atomic mass is 19.1. The van der Waals surface area contributed by atoms with Gasteiger partial charge in [0.2, 0.25) is 0 Å². The number of para-hydroxylation sites is 1. The summed E-state index contributed by atoms with van der Waals surface area (Å²) in [5.41, 5.74) is 8.58. The van der Waals surface area contributed by atoms with Crippen LogP contribution in [0.2, 0.25) is 0 Å². The summed E-state index contributed by atoms with van der Waals surface area (Å²) < 4.78 is 15.6. The molecule has 0 saturated carbocycles. The summed E-state index contributed by atoms with van der Waals surface area (Å²) in [4.78, 5) is 0. The fourth-order valence-corrected chi connectivity index (χ4v) is 2.26. The summed E-state index contributed by atoms with van der Waals surface area (Å²) in [7, 11) is 1.91. The molecule has 1 heterocycles. The number of nitrogens with zero attached hydrogens (tertiary/aromatic N) is 1. The number of benzene rings is 1. The van der Waals surface area contributed by atoms with Crippen molar-refractivity contribution in [3.8, 4) is 0 Å². The molecule has 0 bridgehead atoms. The van der Waals surface area contributed by atoms with Crippen molar-refractivity contribution in [1.82, 2.24) is 4.57 Å². The van der Waals surface area contributed by atoms with Gasteiger partial charge in [0.15, 0.2) is 0 Å². The third kappa shape index (κ3) is 1.61. The average molecular weight is 220 g/mol. The maximum absolute atomic E-state index is 13.7. The van der Waals surface area contributed by atoms with E-state index in [4.69, 9.17) is 5.73 Å². The highest BCUT2D eigenvalue weighted by molar-refractivity contribution is 5.86. The Morgan fingerprint density at radius 3 is 2.81 bits per heavy atom. The van der Waals surface area contributed by atoms with Crippen LogP contribution in [-0.4, -0.2) is 11.1 Å². The molecule has 0 amide bonds. The average Bonchev–Trinajstić information content (AvgIpc) is 2.51. The number of hydrogen-bond acceptors (Lipinski definition) is 1. The van der Waals surface area contributed by atoms with Crippen LogP contribution in [0.1, 0.15) is 17.7 Å². The Hall–Kier alpha value is -1.35. The summed E-state index contributed by atoms with van der Waals surface area (Å²) in [5.74, 6) is -0.151. The topological polar surface area (TPSA) is 30.9 Å². The Bertz CT molecular complexity index is 514. The molecule has 2 nitrogen and oxygen atoms in total. The molecule has 1 aromatic heterocycles. The first-order chi connectivity index (χ1) is 7.66. The van der Waals surface area contributed by atoms with Crippen molar-refractivity contribution >= 4 is 10.9 Å². The van der Waals surface area contributed by atoms with Crippen LogP contribution in [0.15, 0.2) is 18.2 Å². The van der Waals surface area contributed by atoms with Crippen LogP contribution in [-0.2, 0) is 13.5 Å². The van der Waals surface area contributed by atoms with Crippen LogP contribution in [0.3, 0.4) is 0 Å². The van der Waals surface area contributed by atoms with Crippen molar-refractivity contribution in [1.29, 1.82) is 0 Å². The lowest BCUT2D eigenvalue weighted by atomic mass is 10.1. The molecule has 1 aromatic carbocycles. The number of rotatable bonds is 3. The SMILES string of the molecule is Cc1c(CCCN)c2cccc(F)c2n1C. The molecule has 0 unspecified atom stereocenters. The summed E-state index contributed by atoms with van der Waals surface area (Å²) >= 11 is 0. The van der Waals surface area contributed by atoms with Crippen LogP contribution in [0.4, 0.5) is 4.39 Å². The van der Waals surface area contributed by atoms with E-state index in [1.165, 1.54) is 11.6 Å². The van der Waals surface area contributed by atoms with Gasteiger partial charge < -0.3 is 10.3 Å². The van der Waals surface area contributed by atoms with E-state index in [0.29, 0.717) is 12.1 Å². The van der Waals surface area contributed by atoms with E-state index in [0.717, 1.165) is 23.9 Å². The zero-order valence-corrected chi connectivity index (χ0v) is 9.76. The Morgan fingerprint density at radius 2 is 2.12 bits per heavy atom. The second kappa shape index (κ2) is 4.26. The van der Waals surface area contributed by atoms with E-state index in [1.54, 1.807) is 6.07 Å². The maximum atomic E-state index is 13.7. The minimum absolute atomic E-state index is 0.151. The predicted octanol–water partition coefficient (Wildman–Crippen LogP) is 2.52. The monoisotopic (exact) mass is 220 g/mol. The molecule has 2 aromatic rings. The zero-order chi connectivity index (χ0) is 11.7. The molecular formula is C13H17FN2. The lowest BCUT2D eigenvalue weighted by Gasteiger charge is -2.00. The third-order valence-electron chi connectivity index (χ3n) is 3.22. The fraction of sp³-hybridized carbons (Fsp3) is 0.385. The summed E-state index contributed by atoms with van der Waals surface area (Å²) in [6.07, 6.45) is 1.86. The summed E-state index contributed by atoms with van der Waals surface area (Å²) in [6, 6.07) is 5.26. The van der Waals surface area contributed by atoms with Crippen molar-refractivity contribution in [2.75, 3.05) is 6.54 Å². The zero-order valence-electron chi connectivity index (χ0n) is 9.76. The number of fused-ring (bicyclic) bond motifs is 1. The standard InChI is InChI=1S/C13H17FN2/c1-9-10(6-4-8-15)11-5-3-7-12(14)13(11)16(9)2/h3,5,7H,4,6,8,15H2,1-2H3. The molecule has 0 aliphatic carbocycles. The van der Waals surface area contributed by atoms with E-state index in [2.05, 4.69) is 0 Å². The van der Waals surface area contributed by atoms with E-state index in [9.17, 15) is 4.39 Å². The van der Waals surface area contributed by atoms with Crippen molar-refractivity contribution in [2.45, 2.75) is 19.8 Å². The van der Waals surface area contributed by atoms with Crippen molar-refractivity contribution < 1.29 is 4.39 Å². The Kier molecular flexibility index (Phi) is 2.97. The van der Waals surface area contributed by atoms with Crippen LogP contribution in [0.5, 0.6) is 0 Å². The van der Waals surface area contributed by atoms with Gasteiger partial charge in [0.05, 0.1) is 5.52 Å². The molecule has 2 N–H and O–H groups in total. The molecular weight excluding hydrogens is 203 g/mol. The van der Waals surface area contributed by atoms with Gasteiger partial charge in [-0.2, -0.15) is 0 Å². The van der Waals surface area contributed by atoms with Crippen LogP contribution < -0.4 is 5.73 Å². The largest absolute Gasteiger partial charge is 0.345 e. The lowest BCUT2D eigenvalue weighted by Crippen LogP contribution is -2.01. The molecule has 0 fully saturated rings. The highest BCUT2D eigenvalue weighted by Gasteiger charge is 2.13. The van der Waals surface area contributed by atoms with Crippen LogP contribution in [0, 0.1) is 12.7 Å². The molecule has 0 spiro atoms. The second-order valence-electron chi connectivity index (χ2n) is 4.15. The quantitative estimate of drug-likeness (QED) is 0.846. The molecule has 0 aliphatic heterocycles. The van der Waals surface area contributed by atoms with Gasteiger partial charge in [-0.1, -0.05) is 12.1 Å². The third-order valence-corrected chi connectivity index (χ3v) is 3.22.